The van der Waals surface area contributed by atoms with E-state index in [1.54, 1.807) is 4.90 Å². The number of thioether (sulfide) groups is 1. The molecule has 0 spiro atoms. The molecule has 8 heteroatoms. The summed E-state index contributed by atoms with van der Waals surface area (Å²) < 4.78 is 13.7. The number of para-hydroxylation sites is 1. The summed E-state index contributed by atoms with van der Waals surface area (Å²) in [6, 6.07) is 17.8. The number of benzene rings is 2. The molecule has 34 heavy (non-hydrogen) atoms. The highest BCUT2D eigenvalue weighted by Crippen LogP contribution is 2.36. The highest BCUT2D eigenvalue weighted by atomic mass is 32.2. The standard InChI is InChI=1S/C26H25N3O3S2/c1-2-31-21-12-10-18(11-13-21)24-19(16-29(27-24)20-7-4-3-5-8-20)15-23-25(30)28(26(33)34-23)17-22-9-6-14-32-22/h3-5,7-8,10-13,15-16,22H,2,6,9,14,17H2,1H3. The van der Waals surface area contributed by atoms with Gasteiger partial charge in [0.25, 0.3) is 5.91 Å². The lowest BCUT2D eigenvalue weighted by Crippen LogP contribution is -2.35. The Morgan fingerprint density at radius 1 is 1.21 bits per heavy atom. The van der Waals surface area contributed by atoms with Crippen LogP contribution in [0.15, 0.2) is 65.7 Å². The summed E-state index contributed by atoms with van der Waals surface area (Å²) in [5, 5.41) is 4.86. The number of nitrogens with zero attached hydrogens (tertiary/aromatic N) is 3. The minimum atomic E-state index is -0.0735. The molecule has 1 amide bonds. The normalized spacial score (nSPS) is 19.4. The second kappa shape index (κ2) is 10.1. The van der Waals surface area contributed by atoms with Crippen LogP contribution in [0.4, 0.5) is 0 Å². The summed E-state index contributed by atoms with van der Waals surface area (Å²) >= 11 is 6.86. The monoisotopic (exact) mass is 491 g/mol. The maximum Gasteiger partial charge on any atom is 0.266 e. The van der Waals surface area contributed by atoms with Crippen molar-refractivity contribution in [1.29, 1.82) is 0 Å². The fraction of sp³-hybridized carbons (Fsp3) is 0.269. The maximum absolute atomic E-state index is 13.2. The van der Waals surface area contributed by atoms with Gasteiger partial charge < -0.3 is 9.47 Å². The predicted octanol–water partition coefficient (Wildman–Crippen LogP) is 5.32. The third-order valence-electron chi connectivity index (χ3n) is 5.77. The number of hydrogen-bond acceptors (Lipinski definition) is 6. The van der Waals surface area contributed by atoms with Gasteiger partial charge in [0.15, 0.2) is 0 Å². The zero-order chi connectivity index (χ0) is 23.5. The molecule has 2 fully saturated rings. The third-order valence-corrected chi connectivity index (χ3v) is 7.15. The van der Waals surface area contributed by atoms with Gasteiger partial charge in [-0.25, -0.2) is 4.68 Å². The van der Waals surface area contributed by atoms with Crippen LogP contribution in [0.5, 0.6) is 5.75 Å². The largest absolute Gasteiger partial charge is 0.494 e. The molecule has 2 saturated heterocycles. The van der Waals surface area contributed by atoms with Gasteiger partial charge in [-0.2, -0.15) is 5.10 Å². The van der Waals surface area contributed by atoms with Crippen LogP contribution in [-0.4, -0.2) is 50.8 Å². The topological polar surface area (TPSA) is 56.6 Å². The SMILES string of the molecule is CCOc1ccc(-c2nn(-c3ccccc3)cc2C=C2SC(=S)N(CC3CCCO3)C2=O)cc1. The Bertz CT molecular complexity index is 1220. The molecule has 2 aliphatic rings. The molecule has 3 aromatic rings. The van der Waals surface area contributed by atoms with Gasteiger partial charge in [-0.1, -0.05) is 42.2 Å². The van der Waals surface area contributed by atoms with Gasteiger partial charge in [-0.15, -0.1) is 0 Å². The molecule has 6 nitrogen and oxygen atoms in total. The van der Waals surface area contributed by atoms with Crippen molar-refractivity contribution < 1.29 is 14.3 Å². The minimum Gasteiger partial charge on any atom is -0.494 e. The Morgan fingerprint density at radius 3 is 2.71 bits per heavy atom. The fourth-order valence-corrected chi connectivity index (χ4v) is 5.36. The van der Waals surface area contributed by atoms with Crippen molar-refractivity contribution in [1.82, 2.24) is 14.7 Å². The molecule has 5 rings (SSSR count). The summed E-state index contributed by atoms with van der Waals surface area (Å²) in [5.41, 5.74) is 3.53. The van der Waals surface area contributed by atoms with E-state index in [-0.39, 0.29) is 12.0 Å². The van der Waals surface area contributed by atoms with E-state index < -0.39 is 0 Å². The van der Waals surface area contributed by atoms with E-state index in [0.29, 0.717) is 22.4 Å². The molecular weight excluding hydrogens is 466 g/mol. The molecule has 3 heterocycles. The Morgan fingerprint density at radius 2 is 2.00 bits per heavy atom. The first-order valence-electron chi connectivity index (χ1n) is 11.4. The van der Waals surface area contributed by atoms with Gasteiger partial charge in [0.05, 0.1) is 35.5 Å². The maximum atomic E-state index is 13.2. The molecule has 174 valence electrons. The van der Waals surface area contributed by atoms with E-state index >= 15 is 0 Å². The number of thiocarbonyl (C=S) groups is 1. The van der Waals surface area contributed by atoms with Crippen molar-refractivity contribution in [2.24, 2.45) is 0 Å². The predicted molar refractivity (Wildman–Crippen MR) is 139 cm³/mol. The number of ether oxygens (including phenoxy) is 2. The molecule has 0 radical (unpaired) electrons. The molecule has 0 aliphatic carbocycles. The first kappa shape index (κ1) is 22.8. The van der Waals surface area contributed by atoms with Crippen LogP contribution < -0.4 is 4.74 Å². The van der Waals surface area contributed by atoms with E-state index in [2.05, 4.69) is 0 Å². The lowest BCUT2D eigenvalue weighted by atomic mass is 10.1. The van der Waals surface area contributed by atoms with Crippen LogP contribution in [0.25, 0.3) is 23.0 Å². The molecule has 0 saturated carbocycles. The lowest BCUT2D eigenvalue weighted by molar-refractivity contribution is -0.123. The Balaban J connectivity index is 1.49. The van der Waals surface area contributed by atoms with E-state index in [9.17, 15) is 4.79 Å². The molecule has 0 N–H and O–H groups in total. The molecule has 1 unspecified atom stereocenters. The first-order valence-corrected chi connectivity index (χ1v) is 12.6. The van der Waals surface area contributed by atoms with Crippen LogP contribution in [0.1, 0.15) is 25.3 Å². The average Bonchev–Trinajstić information content (AvgIpc) is 3.58. The van der Waals surface area contributed by atoms with Crippen LogP contribution >= 0.6 is 24.0 Å². The van der Waals surface area contributed by atoms with Crippen molar-refractivity contribution >= 4 is 40.3 Å². The van der Waals surface area contributed by atoms with Gasteiger partial charge in [-0.05, 0) is 62.2 Å². The van der Waals surface area contributed by atoms with E-state index in [1.165, 1.54) is 11.8 Å². The minimum absolute atomic E-state index is 0.0575. The van der Waals surface area contributed by atoms with Gasteiger partial charge >= 0.3 is 0 Å². The summed E-state index contributed by atoms with van der Waals surface area (Å²) in [7, 11) is 0. The molecule has 1 aromatic heterocycles. The highest BCUT2D eigenvalue weighted by molar-refractivity contribution is 8.26. The summed E-state index contributed by atoms with van der Waals surface area (Å²) in [5.74, 6) is 0.737. The van der Waals surface area contributed by atoms with Gasteiger partial charge in [0.1, 0.15) is 10.1 Å². The quantitative estimate of drug-likeness (QED) is 0.329. The third kappa shape index (κ3) is 4.80. The van der Waals surface area contributed by atoms with Crippen LogP contribution in [0, 0.1) is 0 Å². The molecule has 0 bridgehead atoms. The second-order valence-corrected chi connectivity index (χ2v) is 9.77. The Hall–Kier alpha value is -2.94. The van der Waals surface area contributed by atoms with E-state index in [4.69, 9.17) is 26.8 Å². The molecule has 2 aromatic carbocycles. The Labute approximate surface area is 208 Å². The molecule has 2 aliphatic heterocycles. The van der Waals surface area contributed by atoms with Crippen molar-refractivity contribution in [3.63, 3.8) is 0 Å². The number of amides is 1. The van der Waals surface area contributed by atoms with Gasteiger partial charge in [0.2, 0.25) is 0 Å². The van der Waals surface area contributed by atoms with Crippen LogP contribution in [-0.2, 0) is 9.53 Å². The molecular formula is C26H25N3O3S2. The average molecular weight is 492 g/mol. The van der Waals surface area contributed by atoms with Crippen molar-refractivity contribution in [2.45, 2.75) is 25.9 Å². The fourth-order valence-electron chi connectivity index (χ4n) is 4.10. The summed E-state index contributed by atoms with van der Waals surface area (Å²) in [6.07, 6.45) is 5.89. The van der Waals surface area contributed by atoms with Crippen molar-refractivity contribution in [2.75, 3.05) is 19.8 Å². The van der Waals surface area contributed by atoms with E-state index in [0.717, 1.165) is 47.7 Å². The number of carbonyl (C=O) groups excluding carboxylic acids is 1. The zero-order valence-corrected chi connectivity index (χ0v) is 20.5. The van der Waals surface area contributed by atoms with Crippen molar-refractivity contribution in [3.8, 4) is 22.7 Å². The lowest BCUT2D eigenvalue weighted by Gasteiger charge is -2.18. The number of aromatic nitrogens is 2. The van der Waals surface area contributed by atoms with Crippen LogP contribution in [0.2, 0.25) is 0 Å². The first-order chi connectivity index (χ1) is 16.6. The number of carbonyl (C=O) groups is 1. The zero-order valence-electron chi connectivity index (χ0n) is 18.8. The molecule has 1 atom stereocenters. The summed E-state index contributed by atoms with van der Waals surface area (Å²) in [6.45, 7) is 3.83. The highest BCUT2D eigenvalue weighted by Gasteiger charge is 2.35. The Kier molecular flexibility index (Phi) is 6.80. The van der Waals surface area contributed by atoms with Gasteiger partial charge in [-0.3, -0.25) is 9.69 Å². The smallest absolute Gasteiger partial charge is 0.266 e. The van der Waals surface area contributed by atoms with Crippen molar-refractivity contribution in [3.05, 3.63) is 71.3 Å². The van der Waals surface area contributed by atoms with Gasteiger partial charge in [0, 0.05) is 23.9 Å². The summed E-state index contributed by atoms with van der Waals surface area (Å²) in [4.78, 5) is 15.5. The van der Waals surface area contributed by atoms with Crippen LogP contribution in [0.3, 0.4) is 0 Å². The number of rotatable bonds is 7. The second-order valence-electron chi connectivity index (χ2n) is 8.10. The number of hydrogen-bond donors (Lipinski definition) is 0. The van der Waals surface area contributed by atoms with E-state index in [1.807, 2.05) is 78.5 Å².